The van der Waals surface area contributed by atoms with E-state index in [9.17, 15) is 0 Å². The molecule has 9 aromatic rings. The molecule has 6 nitrogen and oxygen atoms in total. The van der Waals surface area contributed by atoms with Crippen LogP contribution in [0, 0.1) is 0 Å². The van der Waals surface area contributed by atoms with Crippen LogP contribution in [0.2, 0.25) is 0 Å². The molecule has 0 radical (unpaired) electrons. The molecule has 0 saturated carbocycles. The molecule has 0 amide bonds. The fourth-order valence-electron chi connectivity index (χ4n) is 8.84. The van der Waals surface area contributed by atoms with Crippen LogP contribution in [0.4, 0.5) is 34.3 Å². The van der Waals surface area contributed by atoms with Gasteiger partial charge in [0.2, 0.25) is 0 Å². The van der Waals surface area contributed by atoms with Crippen molar-refractivity contribution in [2.24, 2.45) is 0 Å². The fraction of sp³-hybridized carbons (Fsp3) is 0.0400. The summed E-state index contributed by atoms with van der Waals surface area (Å²) in [4.78, 5) is 14.9. The normalized spacial score (nSPS) is 12.6. The monoisotopic (exact) mass is 732 g/mol. The molecule has 57 heavy (non-hydrogen) atoms. The molecule has 0 unspecified atom stereocenters. The molecule has 0 atom stereocenters. The van der Waals surface area contributed by atoms with Gasteiger partial charge in [-0.3, -0.25) is 4.57 Å². The van der Waals surface area contributed by atoms with E-state index < -0.39 is 0 Å². The summed E-state index contributed by atoms with van der Waals surface area (Å²) >= 11 is 0. The number of anilines is 6. The van der Waals surface area contributed by atoms with Gasteiger partial charge >= 0.3 is 0 Å². The fourth-order valence-corrected chi connectivity index (χ4v) is 8.84. The SMILES string of the molecule is c1ccc(CN2c3ccc(Nc4ccccn4)cc3B3c4cc(-c5nc6ccccc6n5-c5ccccc5)ccc4N(Cc4ccccc4)c4cccc2c43)cc1. The molecular weight excluding hydrogens is 695 g/mol. The molecule has 0 saturated heterocycles. The number of aromatic nitrogens is 3. The van der Waals surface area contributed by atoms with Crippen LogP contribution >= 0.6 is 0 Å². The van der Waals surface area contributed by atoms with Crippen molar-refractivity contribution in [3.05, 3.63) is 205 Å². The summed E-state index contributed by atoms with van der Waals surface area (Å²) in [6.07, 6.45) is 1.83. The maximum absolute atomic E-state index is 5.31. The second kappa shape index (κ2) is 13.7. The average Bonchev–Trinajstić information content (AvgIpc) is 3.67. The predicted molar refractivity (Wildman–Crippen MR) is 236 cm³/mol. The van der Waals surface area contributed by atoms with Crippen molar-refractivity contribution in [2.75, 3.05) is 15.1 Å². The van der Waals surface area contributed by atoms with E-state index in [2.05, 4.69) is 195 Å². The highest BCUT2D eigenvalue weighted by Gasteiger charge is 2.42. The van der Waals surface area contributed by atoms with Crippen LogP contribution < -0.4 is 31.5 Å². The number of imidazole rings is 1. The Morgan fingerprint density at radius 2 is 1.12 bits per heavy atom. The van der Waals surface area contributed by atoms with Gasteiger partial charge in [-0.2, -0.15) is 0 Å². The van der Waals surface area contributed by atoms with Crippen molar-refractivity contribution >= 4 is 68.4 Å². The molecule has 11 rings (SSSR count). The van der Waals surface area contributed by atoms with Gasteiger partial charge in [0.05, 0.1) is 11.0 Å². The smallest absolute Gasteiger partial charge is 0.252 e. The molecule has 7 heteroatoms. The average molecular weight is 733 g/mol. The Labute approximate surface area is 332 Å². The molecular formula is C50H37BN6. The lowest BCUT2D eigenvalue weighted by Crippen LogP contribution is -2.62. The first-order valence-electron chi connectivity index (χ1n) is 19.5. The third-order valence-corrected chi connectivity index (χ3v) is 11.3. The summed E-state index contributed by atoms with van der Waals surface area (Å²) in [7, 11) is 0. The Morgan fingerprint density at radius 1 is 0.509 bits per heavy atom. The minimum Gasteiger partial charge on any atom is -0.340 e. The third kappa shape index (κ3) is 5.75. The van der Waals surface area contributed by atoms with Crippen LogP contribution in [0.5, 0.6) is 0 Å². The highest BCUT2D eigenvalue weighted by molar-refractivity contribution is 7.00. The second-order valence-corrected chi connectivity index (χ2v) is 14.8. The van der Waals surface area contributed by atoms with Gasteiger partial charge < -0.3 is 15.1 Å². The largest absolute Gasteiger partial charge is 0.340 e. The molecule has 0 aliphatic carbocycles. The summed E-state index contributed by atoms with van der Waals surface area (Å²) < 4.78 is 2.30. The van der Waals surface area contributed by atoms with E-state index in [0.717, 1.165) is 52.7 Å². The van der Waals surface area contributed by atoms with E-state index in [-0.39, 0.29) is 6.71 Å². The highest BCUT2D eigenvalue weighted by Crippen LogP contribution is 2.40. The lowest BCUT2D eigenvalue weighted by Gasteiger charge is -2.44. The van der Waals surface area contributed by atoms with E-state index in [1.165, 1.54) is 50.3 Å². The highest BCUT2D eigenvalue weighted by atomic mass is 15.2. The van der Waals surface area contributed by atoms with E-state index in [1.54, 1.807) is 0 Å². The van der Waals surface area contributed by atoms with E-state index in [1.807, 2.05) is 24.4 Å². The minimum atomic E-state index is -0.0415. The number of nitrogens with one attached hydrogen (secondary N) is 1. The topological polar surface area (TPSA) is 49.2 Å². The number of para-hydroxylation sites is 3. The first-order valence-corrected chi connectivity index (χ1v) is 19.5. The quantitative estimate of drug-likeness (QED) is 0.158. The van der Waals surface area contributed by atoms with Crippen molar-refractivity contribution in [2.45, 2.75) is 13.1 Å². The Hall–Kier alpha value is -7.38. The van der Waals surface area contributed by atoms with Gasteiger partial charge in [-0.25, -0.2) is 9.97 Å². The van der Waals surface area contributed by atoms with Crippen molar-refractivity contribution in [1.82, 2.24) is 14.5 Å². The standard InChI is InChI=1S/C50H37BN6/c1-4-15-35(16-5-1)33-55-43-28-26-37(50-54-42-21-10-11-22-45(42)57(50)39-19-8-3-9-20-39)31-40(43)51-41-32-38(53-48-25-12-13-30-52-48)27-29-44(41)56(34-36-17-6-2-7-18-36)47-24-14-23-46(55)49(47)51/h1-32H,33-34H2,(H,52,53). The number of hydrogen-bond acceptors (Lipinski definition) is 5. The zero-order valence-electron chi connectivity index (χ0n) is 31.2. The van der Waals surface area contributed by atoms with E-state index in [0.29, 0.717) is 0 Å². The maximum atomic E-state index is 5.31. The third-order valence-electron chi connectivity index (χ3n) is 11.3. The molecule has 1 N–H and O–H groups in total. The van der Waals surface area contributed by atoms with Gasteiger partial charge in [0, 0.05) is 59.0 Å². The van der Waals surface area contributed by atoms with E-state index in [4.69, 9.17) is 4.98 Å². The molecule has 2 aliphatic rings. The van der Waals surface area contributed by atoms with Crippen LogP contribution in [-0.2, 0) is 13.1 Å². The Kier molecular flexibility index (Phi) is 7.95. The van der Waals surface area contributed by atoms with E-state index >= 15 is 0 Å². The first kappa shape index (κ1) is 33.0. The van der Waals surface area contributed by atoms with Crippen LogP contribution in [0.15, 0.2) is 194 Å². The van der Waals surface area contributed by atoms with Gasteiger partial charge in [-0.15, -0.1) is 0 Å². The van der Waals surface area contributed by atoms with Crippen molar-refractivity contribution in [1.29, 1.82) is 0 Å². The maximum Gasteiger partial charge on any atom is 0.252 e. The molecule has 0 spiro atoms. The van der Waals surface area contributed by atoms with Crippen LogP contribution in [-0.4, -0.2) is 21.2 Å². The van der Waals surface area contributed by atoms with Crippen molar-refractivity contribution in [3.63, 3.8) is 0 Å². The van der Waals surface area contributed by atoms with Gasteiger partial charge in [-0.1, -0.05) is 109 Å². The minimum absolute atomic E-state index is 0.0415. The number of rotatable bonds is 8. The summed E-state index contributed by atoms with van der Waals surface area (Å²) in [5.74, 6) is 1.74. The summed E-state index contributed by atoms with van der Waals surface area (Å²) in [6.45, 7) is 1.45. The molecule has 0 fully saturated rings. The molecule has 0 bridgehead atoms. The van der Waals surface area contributed by atoms with Gasteiger partial charge in [0.1, 0.15) is 11.6 Å². The van der Waals surface area contributed by atoms with Gasteiger partial charge in [-0.05, 0) is 106 Å². The van der Waals surface area contributed by atoms with Crippen LogP contribution in [0.3, 0.4) is 0 Å². The van der Waals surface area contributed by atoms with Crippen LogP contribution in [0.1, 0.15) is 11.1 Å². The summed E-state index contributed by atoms with van der Waals surface area (Å²) in [5.41, 5.74) is 16.4. The lowest BCUT2D eigenvalue weighted by atomic mass is 9.33. The molecule has 4 heterocycles. The molecule has 270 valence electrons. The summed E-state index contributed by atoms with van der Waals surface area (Å²) in [6, 6.07) is 67.2. The van der Waals surface area contributed by atoms with Gasteiger partial charge in [0.15, 0.2) is 0 Å². The Bertz CT molecular complexity index is 2880. The Morgan fingerprint density at radius 3 is 1.81 bits per heavy atom. The number of pyridine rings is 1. The number of nitrogens with zero attached hydrogens (tertiary/aromatic N) is 5. The zero-order chi connectivity index (χ0) is 37.7. The second-order valence-electron chi connectivity index (χ2n) is 14.8. The molecule has 2 aromatic heterocycles. The van der Waals surface area contributed by atoms with Crippen molar-refractivity contribution in [3.8, 4) is 17.1 Å². The Balaban J connectivity index is 1.16. The lowest BCUT2D eigenvalue weighted by molar-refractivity contribution is 0.961. The first-order chi connectivity index (χ1) is 28.3. The van der Waals surface area contributed by atoms with Gasteiger partial charge in [0.25, 0.3) is 6.71 Å². The molecule has 7 aromatic carbocycles. The number of fused-ring (bicyclic) bond motifs is 5. The number of hydrogen-bond donors (Lipinski definition) is 1. The van der Waals surface area contributed by atoms with Crippen molar-refractivity contribution < 1.29 is 0 Å². The predicted octanol–water partition coefficient (Wildman–Crippen LogP) is 9.65. The number of benzene rings is 7. The molecule has 2 aliphatic heterocycles. The zero-order valence-corrected chi connectivity index (χ0v) is 31.2. The summed E-state index contributed by atoms with van der Waals surface area (Å²) in [5, 5.41) is 3.61. The van der Waals surface area contributed by atoms with Crippen LogP contribution in [0.25, 0.3) is 28.1 Å².